The van der Waals surface area contributed by atoms with E-state index in [1.807, 2.05) is 97.1 Å². The second kappa shape index (κ2) is 16.6. The number of carbonyl (C=O) groups excluding carboxylic acids is 1. The Balaban J connectivity index is 1.52. The molecule has 0 aliphatic carbocycles. The lowest BCUT2D eigenvalue weighted by Crippen LogP contribution is -2.68. The van der Waals surface area contributed by atoms with E-state index in [0.717, 1.165) is 21.5 Å². The van der Waals surface area contributed by atoms with Gasteiger partial charge in [-0.15, -0.1) is 0 Å². The number of aromatic amines is 1. The number of aromatic nitrogens is 2. The zero-order valence-electron chi connectivity index (χ0n) is 31.4. The molecule has 1 saturated heterocycles. The Bertz CT molecular complexity index is 2060. The van der Waals surface area contributed by atoms with E-state index < -0.39 is 49.6 Å². The number of nitrogens with one attached hydrogen (secondary N) is 1. The van der Waals surface area contributed by atoms with E-state index >= 15 is 0 Å². The molecule has 0 amide bonds. The molecule has 4 atom stereocenters. The molecule has 1 aliphatic heterocycles. The Morgan fingerprint density at radius 3 is 1.83 bits per heavy atom. The fourth-order valence-electron chi connectivity index (χ4n) is 7.31. The van der Waals surface area contributed by atoms with Crippen molar-refractivity contribution in [1.29, 1.82) is 0 Å². The topological polar surface area (TPSA) is 118 Å². The predicted octanol–water partition coefficient (Wildman–Crippen LogP) is 5.42. The quantitative estimate of drug-likeness (QED) is 0.118. The highest BCUT2D eigenvalue weighted by Gasteiger charge is 2.61. The van der Waals surface area contributed by atoms with Gasteiger partial charge in [0.05, 0.1) is 26.4 Å². The summed E-state index contributed by atoms with van der Waals surface area (Å²) in [5, 5.41) is 1.73. The third-order valence-corrected chi connectivity index (χ3v) is 14.8. The molecule has 2 heterocycles. The van der Waals surface area contributed by atoms with Gasteiger partial charge >= 0.3 is 11.7 Å². The molecular weight excluding hydrogens is 701 g/mol. The molecular formula is C43H48N2O8Si. The van der Waals surface area contributed by atoms with Gasteiger partial charge in [-0.2, -0.15) is 0 Å². The third-order valence-electron chi connectivity index (χ3n) is 9.86. The molecule has 0 saturated carbocycles. The van der Waals surface area contributed by atoms with Crippen LogP contribution in [-0.2, 0) is 41.4 Å². The summed E-state index contributed by atoms with van der Waals surface area (Å²) >= 11 is 0. The monoisotopic (exact) mass is 748 g/mol. The van der Waals surface area contributed by atoms with Gasteiger partial charge in [-0.25, -0.2) is 4.79 Å². The fraction of sp³-hybridized carbons (Fsp3) is 0.326. The Kier molecular flexibility index (Phi) is 11.9. The van der Waals surface area contributed by atoms with Crippen molar-refractivity contribution < 1.29 is 28.2 Å². The summed E-state index contributed by atoms with van der Waals surface area (Å²) in [5.74, 6) is -0.593. The summed E-state index contributed by atoms with van der Waals surface area (Å²) in [4.78, 5) is 41.3. The number of hydrogen-bond acceptors (Lipinski definition) is 8. The van der Waals surface area contributed by atoms with Crippen LogP contribution in [0, 0.1) is 6.92 Å². The minimum Gasteiger partial charge on any atom is -0.455 e. The average molecular weight is 749 g/mol. The summed E-state index contributed by atoms with van der Waals surface area (Å²) in [6.45, 7) is 9.73. The van der Waals surface area contributed by atoms with Crippen molar-refractivity contribution in [3.8, 4) is 0 Å². The van der Waals surface area contributed by atoms with E-state index in [0.29, 0.717) is 0 Å². The van der Waals surface area contributed by atoms with Crippen molar-refractivity contribution in [1.82, 2.24) is 9.55 Å². The molecule has 282 valence electrons. The predicted molar refractivity (Wildman–Crippen MR) is 209 cm³/mol. The summed E-state index contributed by atoms with van der Waals surface area (Å²) in [5.41, 5.74) is -0.577. The first-order valence-electron chi connectivity index (χ1n) is 18.1. The van der Waals surface area contributed by atoms with Crippen molar-refractivity contribution >= 4 is 24.7 Å². The highest BCUT2D eigenvalue weighted by Crippen LogP contribution is 2.44. The van der Waals surface area contributed by atoms with Crippen LogP contribution < -0.4 is 21.6 Å². The maximum atomic E-state index is 13.5. The number of benzene rings is 4. The van der Waals surface area contributed by atoms with Crippen molar-refractivity contribution in [2.24, 2.45) is 0 Å². The summed E-state index contributed by atoms with van der Waals surface area (Å²) in [7, 11) is -3.18. The number of carbonyl (C=O) groups is 1. The SMILES string of the molecule is CC(=O)O[C@H]1[C@H](n2cc(C)c(=O)[nH]c2=O)O[C@@](COCc2ccccc2)(CO[Si](c2ccccc2)(c2ccccc2)C(C)(C)C)[C@H]1OCc1ccccc1. The molecule has 0 bridgehead atoms. The van der Waals surface area contributed by atoms with E-state index in [9.17, 15) is 14.4 Å². The van der Waals surface area contributed by atoms with Crippen LogP contribution in [-0.4, -0.2) is 54.9 Å². The van der Waals surface area contributed by atoms with Gasteiger partial charge in [0.1, 0.15) is 11.7 Å². The molecule has 0 radical (unpaired) electrons. The van der Waals surface area contributed by atoms with E-state index in [2.05, 4.69) is 50.0 Å². The molecule has 10 nitrogen and oxygen atoms in total. The molecule has 1 fully saturated rings. The number of hydrogen-bond donors (Lipinski definition) is 1. The van der Waals surface area contributed by atoms with E-state index in [-0.39, 0.29) is 37.0 Å². The molecule has 11 heteroatoms. The minimum absolute atomic E-state index is 0.0507. The summed E-state index contributed by atoms with van der Waals surface area (Å²) in [6, 6.07) is 39.9. The van der Waals surface area contributed by atoms with Crippen LogP contribution in [0.25, 0.3) is 0 Å². The van der Waals surface area contributed by atoms with Crippen molar-refractivity contribution in [2.45, 2.75) is 76.9 Å². The summed E-state index contributed by atoms with van der Waals surface area (Å²) < 4.78 is 35.2. The maximum Gasteiger partial charge on any atom is 0.330 e. The highest BCUT2D eigenvalue weighted by atomic mass is 28.4. The second-order valence-corrected chi connectivity index (χ2v) is 19.1. The van der Waals surface area contributed by atoms with Crippen LogP contribution >= 0.6 is 0 Å². The lowest BCUT2D eigenvalue weighted by atomic mass is 9.96. The molecule has 6 rings (SSSR count). The lowest BCUT2D eigenvalue weighted by Gasteiger charge is -2.45. The Morgan fingerprint density at radius 1 is 0.796 bits per heavy atom. The van der Waals surface area contributed by atoms with Crippen LogP contribution in [0.1, 0.15) is 50.6 Å². The number of aryl methyl sites for hydroxylation is 1. The normalized spacial score (nSPS) is 20.1. The van der Waals surface area contributed by atoms with Gasteiger partial charge in [0.2, 0.25) is 0 Å². The first-order valence-corrected chi connectivity index (χ1v) is 20.0. The standard InChI is InChI=1S/C43H48N2O8Si/c1-31-26-45(41(48)44-39(31)47)40-37(52-32(2)46)38(50-28-34-20-12-7-13-21-34)43(53-40,29-49-27-33-18-10-6-11-19-33)30-51-54(42(3,4)5,35-22-14-8-15-23-35)36-24-16-9-17-25-36/h6-26,37-38,40H,27-30H2,1-5H3,(H,44,47,48)/t37-,38+,40-,43+/m1/s1. The van der Waals surface area contributed by atoms with Gasteiger partial charge in [0, 0.05) is 18.7 Å². The lowest BCUT2D eigenvalue weighted by molar-refractivity contribution is -0.173. The number of esters is 1. The Labute approximate surface area is 316 Å². The number of ether oxygens (including phenoxy) is 4. The molecule has 0 spiro atoms. The molecule has 5 aromatic rings. The molecule has 54 heavy (non-hydrogen) atoms. The minimum atomic E-state index is -3.18. The van der Waals surface area contributed by atoms with Crippen molar-refractivity contribution in [3.05, 3.63) is 165 Å². The zero-order valence-corrected chi connectivity index (χ0v) is 32.4. The third kappa shape index (κ3) is 8.25. The Morgan fingerprint density at radius 2 is 1.31 bits per heavy atom. The number of nitrogens with zero attached hydrogens (tertiary/aromatic N) is 1. The van der Waals surface area contributed by atoms with Crippen molar-refractivity contribution in [2.75, 3.05) is 13.2 Å². The molecule has 0 unspecified atom stereocenters. The van der Waals surface area contributed by atoms with Crippen molar-refractivity contribution in [3.63, 3.8) is 0 Å². The maximum absolute atomic E-state index is 13.5. The van der Waals surface area contributed by atoms with Gasteiger partial charge in [0.25, 0.3) is 13.9 Å². The smallest absolute Gasteiger partial charge is 0.330 e. The largest absolute Gasteiger partial charge is 0.455 e. The van der Waals surface area contributed by atoms with Gasteiger partial charge in [-0.3, -0.25) is 19.1 Å². The van der Waals surface area contributed by atoms with E-state index in [1.54, 1.807) is 6.92 Å². The van der Waals surface area contributed by atoms with Crippen LogP contribution in [0.2, 0.25) is 5.04 Å². The van der Waals surface area contributed by atoms with Gasteiger partial charge in [-0.1, -0.05) is 142 Å². The first kappa shape index (κ1) is 38.8. The summed E-state index contributed by atoms with van der Waals surface area (Å²) in [6.07, 6.45) is -1.93. The molecule has 1 aromatic heterocycles. The molecule has 4 aromatic carbocycles. The average Bonchev–Trinajstić information content (AvgIpc) is 3.45. The van der Waals surface area contributed by atoms with Crippen LogP contribution in [0.3, 0.4) is 0 Å². The molecule has 1 aliphatic rings. The van der Waals surface area contributed by atoms with Crippen LogP contribution in [0.5, 0.6) is 0 Å². The zero-order chi connectivity index (χ0) is 38.3. The Hall–Kier alpha value is -4.91. The van der Waals surface area contributed by atoms with Crippen LogP contribution in [0.4, 0.5) is 0 Å². The number of H-pyrrole nitrogens is 1. The first-order chi connectivity index (χ1) is 25.9. The van der Waals surface area contributed by atoms with E-state index in [1.165, 1.54) is 17.7 Å². The highest BCUT2D eigenvalue weighted by molar-refractivity contribution is 6.99. The van der Waals surface area contributed by atoms with Gasteiger partial charge in [0.15, 0.2) is 12.3 Å². The molecule has 1 N–H and O–H groups in total. The second-order valence-electron chi connectivity index (χ2n) is 14.8. The van der Waals surface area contributed by atoms with Crippen LogP contribution in [0.15, 0.2) is 137 Å². The van der Waals surface area contributed by atoms with Gasteiger partial charge in [-0.05, 0) is 33.5 Å². The van der Waals surface area contributed by atoms with Gasteiger partial charge < -0.3 is 23.4 Å². The van der Waals surface area contributed by atoms with E-state index in [4.69, 9.17) is 23.4 Å². The number of rotatable bonds is 14. The fourth-order valence-corrected chi connectivity index (χ4v) is 11.9.